The number of fused-ring (bicyclic) bond motifs is 10. The number of rotatable bonds is 4. The molecule has 6 heteroatoms. The molecule has 0 saturated heterocycles. The Hall–Kier alpha value is -7.44. The molecule has 0 spiro atoms. The van der Waals surface area contributed by atoms with Crippen LogP contribution >= 0.6 is 0 Å². The number of hydrogen-bond acceptors (Lipinski definition) is 5. The van der Waals surface area contributed by atoms with Gasteiger partial charge >= 0.3 is 0 Å². The third kappa shape index (κ3) is 4.61. The summed E-state index contributed by atoms with van der Waals surface area (Å²) in [6, 6.07) is 59.3. The Bertz CT molecular complexity index is 3420. The van der Waals surface area contributed by atoms with Gasteiger partial charge < -0.3 is 18.7 Å². The second kappa shape index (κ2) is 11.5. The molecule has 0 fully saturated rings. The molecule has 0 saturated carbocycles. The highest BCUT2D eigenvalue weighted by atomic mass is 16.3. The molecule has 1 aliphatic rings. The molecule has 8 aromatic carbocycles. The summed E-state index contributed by atoms with van der Waals surface area (Å²) in [5, 5.41) is 12.8. The number of hydrogen-bond donors (Lipinski definition) is 1. The molecule has 0 aliphatic carbocycles. The molecule has 258 valence electrons. The normalized spacial score (nSPS) is 14.7. The van der Waals surface area contributed by atoms with Crippen LogP contribution in [0.15, 0.2) is 189 Å². The summed E-state index contributed by atoms with van der Waals surface area (Å²) in [5.41, 5.74) is 9.33. The number of aliphatic imine (C=N–C) groups is 2. The lowest BCUT2D eigenvalue weighted by molar-refractivity contribution is 0.665. The van der Waals surface area contributed by atoms with Gasteiger partial charge in [-0.1, -0.05) is 115 Å². The zero-order valence-electron chi connectivity index (χ0n) is 29.4. The van der Waals surface area contributed by atoms with Crippen LogP contribution < -0.4 is 5.32 Å². The van der Waals surface area contributed by atoms with E-state index in [1.165, 1.54) is 21.5 Å². The van der Waals surface area contributed by atoms with E-state index < -0.39 is 6.17 Å². The van der Waals surface area contributed by atoms with Crippen molar-refractivity contribution in [1.29, 1.82) is 0 Å². The maximum Gasteiger partial charge on any atom is 0.159 e. The van der Waals surface area contributed by atoms with Crippen molar-refractivity contribution >= 4 is 88.1 Å². The van der Waals surface area contributed by atoms with E-state index in [9.17, 15) is 0 Å². The average molecular weight is 707 g/mol. The van der Waals surface area contributed by atoms with E-state index in [1.807, 2.05) is 48.5 Å². The monoisotopic (exact) mass is 706 g/mol. The molecule has 0 amide bonds. The molecule has 0 bridgehead atoms. The molecular weight excluding hydrogens is 677 g/mol. The van der Waals surface area contributed by atoms with Gasteiger partial charge in [-0.3, -0.25) is 0 Å². The molecule has 1 aliphatic heterocycles. The smallest absolute Gasteiger partial charge is 0.159 e. The molecule has 1 unspecified atom stereocenters. The van der Waals surface area contributed by atoms with Crippen LogP contribution in [0.25, 0.3) is 82.1 Å². The number of amidine groups is 2. The third-order valence-electron chi connectivity index (χ3n) is 11.0. The van der Waals surface area contributed by atoms with Crippen molar-refractivity contribution < 1.29 is 8.83 Å². The Morgan fingerprint density at radius 3 is 1.91 bits per heavy atom. The van der Waals surface area contributed by atoms with E-state index in [0.717, 1.165) is 77.3 Å². The van der Waals surface area contributed by atoms with Crippen molar-refractivity contribution in [3.63, 3.8) is 0 Å². The summed E-state index contributed by atoms with van der Waals surface area (Å²) in [7, 11) is 0. The Labute approximate surface area is 314 Å². The molecule has 55 heavy (non-hydrogen) atoms. The van der Waals surface area contributed by atoms with Crippen molar-refractivity contribution in [2.45, 2.75) is 6.17 Å². The largest absolute Gasteiger partial charge is 0.456 e. The summed E-state index contributed by atoms with van der Waals surface area (Å²) in [6.45, 7) is 0. The Morgan fingerprint density at radius 2 is 1.11 bits per heavy atom. The van der Waals surface area contributed by atoms with Crippen molar-refractivity contribution in [3.05, 3.63) is 187 Å². The number of benzene rings is 8. The highest BCUT2D eigenvalue weighted by molar-refractivity contribution is 6.20. The third-order valence-corrected chi connectivity index (χ3v) is 11.0. The van der Waals surface area contributed by atoms with Crippen LogP contribution in [0.3, 0.4) is 0 Å². The van der Waals surface area contributed by atoms with E-state index in [-0.39, 0.29) is 0 Å². The minimum Gasteiger partial charge on any atom is -0.456 e. The topological polar surface area (TPSA) is 68.0 Å². The summed E-state index contributed by atoms with van der Waals surface area (Å²) in [4.78, 5) is 10.6. The van der Waals surface area contributed by atoms with Crippen LogP contribution in [-0.4, -0.2) is 16.2 Å². The van der Waals surface area contributed by atoms with Crippen molar-refractivity contribution in [1.82, 2.24) is 9.88 Å². The molecular formula is C49H30N4O2. The summed E-state index contributed by atoms with van der Waals surface area (Å²) >= 11 is 0. The van der Waals surface area contributed by atoms with Gasteiger partial charge in [0.05, 0.1) is 16.7 Å². The van der Waals surface area contributed by atoms with Crippen molar-refractivity contribution in [2.24, 2.45) is 9.98 Å². The van der Waals surface area contributed by atoms with Crippen LogP contribution in [0.4, 0.5) is 0 Å². The number of para-hydroxylation sites is 3. The first-order chi connectivity index (χ1) is 27.2. The maximum atomic E-state index is 6.55. The quantitative estimate of drug-likeness (QED) is 0.198. The van der Waals surface area contributed by atoms with Crippen LogP contribution in [0.5, 0.6) is 0 Å². The Balaban J connectivity index is 1.15. The van der Waals surface area contributed by atoms with Gasteiger partial charge in [0.25, 0.3) is 0 Å². The SMILES string of the molecule is c1ccc(C2N=C(c3ccc4c(c3)oc3ccccc34)N=C(c3cc4oc5ccccc5c4cc3-n3c4ccccc4c4cc5ccccc5cc43)N2)cc1. The van der Waals surface area contributed by atoms with E-state index in [2.05, 4.69) is 131 Å². The van der Waals surface area contributed by atoms with Crippen molar-refractivity contribution in [3.8, 4) is 5.69 Å². The van der Waals surface area contributed by atoms with Gasteiger partial charge in [-0.15, -0.1) is 0 Å². The van der Waals surface area contributed by atoms with Gasteiger partial charge in [0.15, 0.2) is 5.84 Å². The standard InChI is InChI=1S/C49H30N4O2/c1-2-12-29(13-3-1)47-50-48(32-22-23-36-34-17-7-10-20-43(34)54-45(36)26-32)52-49(51-47)39-28-46-38(35-18-8-11-21-44(35)55-46)27-42(39)53-40-19-9-6-16-33(40)37-24-30-14-4-5-15-31(30)25-41(37)53/h1-28,47H,(H,50,51,52). The van der Waals surface area contributed by atoms with Gasteiger partial charge in [-0.05, 0) is 70.9 Å². The Kier molecular flexibility index (Phi) is 6.30. The lowest BCUT2D eigenvalue weighted by Gasteiger charge is -2.25. The van der Waals surface area contributed by atoms with Crippen molar-refractivity contribution in [2.75, 3.05) is 0 Å². The predicted octanol–water partition coefficient (Wildman–Crippen LogP) is 12.2. The van der Waals surface area contributed by atoms with Gasteiger partial charge in [0.2, 0.25) is 0 Å². The zero-order chi connectivity index (χ0) is 36.0. The zero-order valence-corrected chi connectivity index (χ0v) is 29.4. The van der Waals surface area contributed by atoms with Gasteiger partial charge in [-0.2, -0.15) is 0 Å². The predicted molar refractivity (Wildman–Crippen MR) is 225 cm³/mol. The number of nitrogens with one attached hydrogen (secondary N) is 1. The fraction of sp³-hybridized carbons (Fsp3) is 0.0204. The molecule has 0 radical (unpaired) electrons. The van der Waals surface area contributed by atoms with Gasteiger partial charge in [-0.25, -0.2) is 9.98 Å². The maximum absolute atomic E-state index is 6.55. The molecule has 1 N–H and O–H groups in total. The van der Waals surface area contributed by atoms with Crippen LogP contribution in [-0.2, 0) is 0 Å². The molecule has 1 atom stereocenters. The summed E-state index contributed by atoms with van der Waals surface area (Å²) in [5.74, 6) is 1.32. The van der Waals surface area contributed by atoms with E-state index in [0.29, 0.717) is 11.7 Å². The number of nitrogens with zero attached hydrogens (tertiary/aromatic N) is 3. The molecule has 12 rings (SSSR count). The number of aromatic nitrogens is 1. The molecule has 4 heterocycles. The molecule has 6 nitrogen and oxygen atoms in total. The first kappa shape index (κ1) is 30.1. The van der Waals surface area contributed by atoms with E-state index in [1.54, 1.807) is 0 Å². The highest BCUT2D eigenvalue weighted by Gasteiger charge is 2.26. The lowest BCUT2D eigenvalue weighted by atomic mass is 10.0. The first-order valence-electron chi connectivity index (χ1n) is 18.5. The first-order valence-corrected chi connectivity index (χ1v) is 18.5. The van der Waals surface area contributed by atoms with E-state index in [4.69, 9.17) is 18.8 Å². The fourth-order valence-corrected chi connectivity index (χ4v) is 8.44. The minimum atomic E-state index is -0.392. The molecule has 11 aromatic rings. The Morgan fingerprint density at radius 1 is 0.473 bits per heavy atom. The summed E-state index contributed by atoms with van der Waals surface area (Å²) in [6.07, 6.45) is -0.392. The minimum absolute atomic E-state index is 0.392. The van der Waals surface area contributed by atoms with Crippen LogP contribution in [0, 0.1) is 0 Å². The van der Waals surface area contributed by atoms with Crippen LogP contribution in [0.2, 0.25) is 0 Å². The van der Waals surface area contributed by atoms with Gasteiger partial charge in [0.1, 0.15) is 34.3 Å². The van der Waals surface area contributed by atoms with E-state index >= 15 is 0 Å². The average Bonchev–Trinajstić information content (AvgIpc) is 3.91. The highest BCUT2D eigenvalue weighted by Crippen LogP contribution is 2.40. The second-order valence-electron chi connectivity index (χ2n) is 14.2. The second-order valence-corrected chi connectivity index (χ2v) is 14.2. The number of furan rings is 2. The lowest BCUT2D eigenvalue weighted by Crippen LogP contribution is -2.34. The fourth-order valence-electron chi connectivity index (χ4n) is 8.44. The van der Waals surface area contributed by atoms with Crippen LogP contribution in [0.1, 0.15) is 22.9 Å². The summed E-state index contributed by atoms with van der Waals surface area (Å²) < 4.78 is 15.3. The molecule has 3 aromatic heterocycles. The van der Waals surface area contributed by atoms with Gasteiger partial charge in [0, 0.05) is 43.4 Å².